The van der Waals surface area contributed by atoms with Crippen molar-refractivity contribution in [2.45, 2.75) is 44.2 Å². The first-order valence-electron chi connectivity index (χ1n) is 8.43. The summed E-state index contributed by atoms with van der Waals surface area (Å²) in [7, 11) is 1.71. The maximum Gasteiger partial charge on any atom is 0.315 e. The lowest BCUT2D eigenvalue weighted by Crippen LogP contribution is -2.47. The molecule has 0 spiro atoms. The molecule has 1 fully saturated rings. The van der Waals surface area contributed by atoms with Crippen molar-refractivity contribution in [3.8, 4) is 0 Å². The summed E-state index contributed by atoms with van der Waals surface area (Å²) in [5, 5.41) is 16.1. The minimum Gasteiger partial charge on any atom is -0.390 e. The van der Waals surface area contributed by atoms with Crippen LogP contribution in [0.15, 0.2) is 24.3 Å². The number of carbonyl (C=O) groups excluding carboxylic acids is 1. The molecule has 3 N–H and O–H groups in total. The third kappa shape index (κ3) is 3.51. The minimum absolute atomic E-state index is 0.194. The number of carbonyl (C=O) groups is 1. The largest absolute Gasteiger partial charge is 0.390 e. The van der Waals surface area contributed by atoms with Gasteiger partial charge in [-0.15, -0.1) is 0 Å². The van der Waals surface area contributed by atoms with Gasteiger partial charge in [-0.05, 0) is 35.8 Å². The van der Waals surface area contributed by atoms with Gasteiger partial charge in [0.1, 0.15) is 0 Å². The Hall–Kier alpha value is -1.59. The van der Waals surface area contributed by atoms with E-state index < -0.39 is 6.10 Å². The zero-order chi connectivity index (χ0) is 16.3. The normalized spacial score (nSPS) is 24.6. The number of hydrogen-bond acceptors (Lipinski definition) is 3. The lowest BCUT2D eigenvalue weighted by Gasteiger charge is -2.42. The van der Waals surface area contributed by atoms with Crippen molar-refractivity contribution >= 4 is 6.03 Å². The van der Waals surface area contributed by atoms with Crippen LogP contribution in [-0.4, -0.2) is 37.5 Å². The monoisotopic (exact) mass is 318 g/mol. The van der Waals surface area contributed by atoms with Crippen LogP contribution in [-0.2, 0) is 11.2 Å². The van der Waals surface area contributed by atoms with E-state index in [0.717, 1.165) is 37.0 Å². The van der Waals surface area contributed by atoms with Gasteiger partial charge in [0, 0.05) is 26.7 Å². The van der Waals surface area contributed by atoms with Crippen LogP contribution in [0.25, 0.3) is 0 Å². The molecule has 23 heavy (non-hydrogen) atoms. The first-order valence-corrected chi connectivity index (χ1v) is 8.43. The van der Waals surface area contributed by atoms with E-state index in [1.165, 1.54) is 6.42 Å². The first-order chi connectivity index (χ1) is 11.1. The number of amides is 2. The van der Waals surface area contributed by atoms with Crippen LogP contribution >= 0.6 is 0 Å². The van der Waals surface area contributed by atoms with Crippen LogP contribution < -0.4 is 10.6 Å². The van der Waals surface area contributed by atoms with Crippen LogP contribution in [0.2, 0.25) is 0 Å². The average molecular weight is 318 g/mol. The molecule has 3 rings (SSSR count). The van der Waals surface area contributed by atoms with E-state index in [2.05, 4.69) is 10.6 Å². The molecule has 2 unspecified atom stereocenters. The Morgan fingerprint density at radius 3 is 2.87 bits per heavy atom. The molecule has 2 aliphatic rings. The van der Waals surface area contributed by atoms with Gasteiger partial charge in [0.25, 0.3) is 0 Å². The second kappa shape index (κ2) is 6.89. The Balaban J connectivity index is 1.54. The number of urea groups is 1. The van der Waals surface area contributed by atoms with Crippen LogP contribution in [0.4, 0.5) is 4.79 Å². The van der Waals surface area contributed by atoms with Crippen LogP contribution in [0.3, 0.4) is 0 Å². The van der Waals surface area contributed by atoms with Gasteiger partial charge in [-0.1, -0.05) is 30.7 Å². The zero-order valence-corrected chi connectivity index (χ0v) is 13.7. The summed E-state index contributed by atoms with van der Waals surface area (Å²) in [6.45, 7) is 1.41. The molecule has 0 saturated heterocycles. The van der Waals surface area contributed by atoms with E-state index in [9.17, 15) is 9.90 Å². The molecule has 1 aromatic carbocycles. The topological polar surface area (TPSA) is 70.6 Å². The number of rotatable bonds is 6. The average Bonchev–Trinajstić information content (AvgIpc) is 2.82. The molecule has 2 amide bonds. The van der Waals surface area contributed by atoms with Crippen molar-refractivity contribution in [1.82, 2.24) is 10.6 Å². The number of hydrogen-bond donors (Lipinski definition) is 3. The molecular formula is C18H26N2O3. The molecule has 2 aliphatic carbocycles. The van der Waals surface area contributed by atoms with Crippen molar-refractivity contribution in [1.29, 1.82) is 0 Å². The van der Waals surface area contributed by atoms with Crippen LogP contribution in [0.1, 0.15) is 42.9 Å². The predicted molar refractivity (Wildman–Crippen MR) is 88.2 cm³/mol. The molecule has 126 valence electrons. The summed E-state index contributed by atoms with van der Waals surface area (Å²) in [6.07, 6.45) is 4.54. The third-order valence-corrected chi connectivity index (χ3v) is 5.37. The molecule has 0 aromatic heterocycles. The van der Waals surface area contributed by atoms with Crippen LogP contribution in [0, 0.1) is 5.41 Å². The zero-order valence-electron chi connectivity index (χ0n) is 13.7. The van der Waals surface area contributed by atoms with Crippen LogP contribution in [0.5, 0.6) is 0 Å². The molecule has 2 atom stereocenters. The van der Waals surface area contributed by atoms with E-state index in [1.54, 1.807) is 7.11 Å². The maximum absolute atomic E-state index is 12.3. The van der Waals surface area contributed by atoms with Gasteiger partial charge in [0.15, 0.2) is 0 Å². The lowest BCUT2D eigenvalue weighted by atomic mass is 9.67. The Morgan fingerprint density at radius 2 is 2.17 bits per heavy atom. The highest BCUT2D eigenvalue weighted by Gasteiger charge is 2.37. The van der Waals surface area contributed by atoms with E-state index in [4.69, 9.17) is 4.74 Å². The summed E-state index contributed by atoms with van der Waals surface area (Å²) >= 11 is 0. The highest BCUT2D eigenvalue weighted by Crippen LogP contribution is 2.43. The Labute approximate surface area is 137 Å². The van der Waals surface area contributed by atoms with Crippen molar-refractivity contribution in [3.63, 3.8) is 0 Å². The smallest absolute Gasteiger partial charge is 0.315 e. The molecule has 5 nitrogen and oxygen atoms in total. The number of methoxy groups -OCH3 is 1. The summed E-state index contributed by atoms with van der Waals surface area (Å²) in [5.74, 6) is 0. The summed E-state index contributed by atoms with van der Waals surface area (Å²) in [6, 6.07) is 7.37. The summed E-state index contributed by atoms with van der Waals surface area (Å²) in [4.78, 5) is 12.3. The SMILES string of the molecule is COCCC1(CNC(=O)NC2c3ccccc3CC2O)CCC1. The summed E-state index contributed by atoms with van der Waals surface area (Å²) < 4.78 is 5.18. The van der Waals surface area contributed by atoms with E-state index in [-0.39, 0.29) is 17.5 Å². The third-order valence-electron chi connectivity index (χ3n) is 5.37. The fourth-order valence-corrected chi connectivity index (χ4v) is 3.72. The van der Waals surface area contributed by atoms with Gasteiger partial charge >= 0.3 is 6.03 Å². The molecule has 0 heterocycles. The van der Waals surface area contributed by atoms with Crippen molar-refractivity contribution in [2.75, 3.05) is 20.3 Å². The molecular weight excluding hydrogens is 292 g/mol. The van der Waals surface area contributed by atoms with Gasteiger partial charge in [-0.3, -0.25) is 0 Å². The number of fused-ring (bicyclic) bond motifs is 1. The second-order valence-corrected chi connectivity index (χ2v) is 6.87. The van der Waals surface area contributed by atoms with Crippen molar-refractivity contribution < 1.29 is 14.6 Å². The lowest BCUT2D eigenvalue weighted by molar-refractivity contribution is 0.0706. The standard InChI is InChI=1S/C18H26N2O3/c1-23-10-9-18(7-4-8-18)12-19-17(22)20-16-14-6-3-2-5-13(14)11-15(16)21/h2-3,5-6,15-16,21H,4,7-12H2,1H3,(H2,19,20,22). The van der Waals surface area contributed by atoms with Gasteiger partial charge in [0.05, 0.1) is 12.1 Å². The molecule has 1 aromatic rings. The maximum atomic E-state index is 12.3. The quantitative estimate of drug-likeness (QED) is 0.753. The highest BCUT2D eigenvalue weighted by atomic mass is 16.5. The number of benzene rings is 1. The van der Waals surface area contributed by atoms with Gasteiger partial charge < -0.3 is 20.5 Å². The van der Waals surface area contributed by atoms with Gasteiger partial charge in [-0.25, -0.2) is 4.79 Å². The molecule has 0 aliphatic heterocycles. The Bertz CT molecular complexity index is 557. The molecule has 5 heteroatoms. The van der Waals surface area contributed by atoms with Crippen molar-refractivity contribution in [2.24, 2.45) is 5.41 Å². The van der Waals surface area contributed by atoms with E-state index in [1.807, 2.05) is 24.3 Å². The fourth-order valence-electron chi connectivity index (χ4n) is 3.72. The van der Waals surface area contributed by atoms with E-state index in [0.29, 0.717) is 13.0 Å². The van der Waals surface area contributed by atoms with Gasteiger partial charge in [0.2, 0.25) is 0 Å². The molecule has 1 saturated carbocycles. The fraction of sp³-hybridized carbons (Fsp3) is 0.611. The minimum atomic E-state index is -0.552. The first kappa shape index (κ1) is 16.3. The number of ether oxygens (including phenoxy) is 1. The van der Waals surface area contributed by atoms with Gasteiger partial charge in [-0.2, -0.15) is 0 Å². The number of aliphatic hydroxyl groups excluding tert-OH is 1. The Kier molecular flexibility index (Phi) is 4.87. The summed E-state index contributed by atoms with van der Waals surface area (Å²) in [5.41, 5.74) is 2.33. The molecule has 0 bridgehead atoms. The Morgan fingerprint density at radius 1 is 1.39 bits per heavy atom. The number of nitrogens with one attached hydrogen (secondary N) is 2. The predicted octanol–water partition coefficient (Wildman–Crippen LogP) is 2.15. The highest BCUT2D eigenvalue weighted by molar-refractivity contribution is 5.75. The number of aliphatic hydroxyl groups is 1. The molecule has 0 radical (unpaired) electrons. The second-order valence-electron chi connectivity index (χ2n) is 6.87. The van der Waals surface area contributed by atoms with Crippen molar-refractivity contribution in [3.05, 3.63) is 35.4 Å². The van der Waals surface area contributed by atoms with E-state index >= 15 is 0 Å².